The average molecular weight is 319 g/mol. The normalized spacial score (nSPS) is 9.45. The summed E-state index contributed by atoms with van der Waals surface area (Å²) in [5.41, 5.74) is 6.93. The summed E-state index contributed by atoms with van der Waals surface area (Å²) in [7, 11) is 0. The maximum absolute atomic E-state index is 9.02. The molecule has 2 N–H and O–H groups in total. The molecule has 0 saturated carbocycles. The van der Waals surface area contributed by atoms with E-state index in [2.05, 4.69) is 6.07 Å². The molecule has 22 heavy (non-hydrogen) atoms. The second kappa shape index (κ2) is 9.67. The van der Waals surface area contributed by atoms with Crippen LogP contribution in [0.5, 0.6) is 11.5 Å². The topological polar surface area (TPSA) is 68.3 Å². The molecule has 2 rings (SSSR count). The summed E-state index contributed by atoms with van der Waals surface area (Å²) in [6.07, 6.45) is 0.837. The quantitative estimate of drug-likeness (QED) is 0.795. The van der Waals surface area contributed by atoms with Gasteiger partial charge in [0.1, 0.15) is 18.1 Å². The summed E-state index contributed by atoms with van der Waals surface area (Å²) >= 11 is 0. The van der Waals surface area contributed by atoms with Crippen LogP contribution < -0.4 is 15.2 Å². The van der Waals surface area contributed by atoms with Crippen LogP contribution in [0.2, 0.25) is 0 Å². The molecule has 0 spiro atoms. The van der Waals surface area contributed by atoms with Crippen LogP contribution in [0.4, 0.5) is 0 Å². The molecule has 0 aliphatic carbocycles. The van der Waals surface area contributed by atoms with Gasteiger partial charge < -0.3 is 15.2 Å². The van der Waals surface area contributed by atoms with E-state index in [4.69, 9.17) is 20.5 Å². The zero-order valence-electron chi connectivity index (χ0n) is 12.2. The fourth-order valence-corrected chi connectivity index (χ4v) is 1.82. The number of halogens is 1. The van der Waals surface area contributed by atoms with Crippen molar-refractivity contribution in [1.82, 2.24) is 0 Å². The van der Waals surface area contributed by atoms with Crippen molar-refractivity contribution in [2.45, 2.75) is 13.0 Å². The molecule has 5 heteroatoms. The third-order valence-electron chi connectivity index (χ3n) is 2.97. The highest BCUT2D eigenvalue weighted by molar-refractivity contribution is 5.85. The predicted molar refractivity (Wildman–Crippen MR) is 88.3 cm³/mol. The Morgan fingerprint density at radius 1 is 0.955 bits per heavy atom. The molecule has 0 unspecified atom stereocenters. The Morgan fingerprint density at radius 3 is 2.23 bits per heavy atom. The van der Waals surface area contributed by atoms with Crippen LogP contribution in [0, 0.1) is 11.3 Å². The van der Waals surface area contributed by atoms with Gasteiger partial charge in [-0.2, -0.15) is 5.26 Å². The third kappa shape index (κ3) is 5.28. The van der Waals surface area contributed by atoms with Gasteiger partial charge in [0.25, 0.3) is 0 Å². The Morgan fingerprint density at radius 2 is 1.59 bits per heavy atom. The molecular weight excluding hydrogens is 300 g/mol. The molecule has 0 bridgehead atoms. The summed E-state index contributed by atoms with van der Waals surface area (Å²) < 4.78 is 11.2. The average Bonchev–Trinajstić information content (AvgIpc) is 2.54. The third-order valence-corrected chi connectivity index (χ3v) is 2.97. The van der Waals surface area contributed by atoms with Crippen molar-refractivity contribution < 1.29 is 9.47 Å². The molecule has 0 saturated heterocycles. The van der Waals surface area contributed by atoms with E-state index in [1.54, 1.807) is 6.07 Å². The maximum Gasteiger partial charge on any atom is 0.120 e. The van der Waals surface area contributed by atoms with Crippen LogP contribution in [0.25, 0.3) is 0 Å². The Balaban J connectivity index is 0.00000242. The number of ether oxygens (including phenoxy) is 2. The lowest BCUT2D eigenvalue weighted by Gasteiger charge is -2.09. The Hall–Kier alpha value is -2.22. The van der Waals surface area contributed by atoms with Crippen molar-refractivity contribution >= 4 is 12.4 Å². The number of hydrogen-bond acceptors (Lipinski definition) is 4. The van der Waals surface area contributed by atoms with E-state index >= 15 is 0 Å². The number of rotatable bonds is 7. The van der Waals surface area contributed by atoms with Gasteiger partial charge in [-0.25, -0.2) is 0 Å². The van der Waals surface area contributed by atoms with E-state index in [1.165, 1.54) is 0 Å². The van der Waals surface area contributed by atoms with Gasteiger partial charge in [0.2, 0.25) is 0 Å². The number of nitrogens with zero attached hydrogens (tertiary/aromatic N) is 1. The van der Waals surface area contributed by atoms with Crippen molar-refractivity contribution in [3.63, 3.8) is 0 Å². The van der Waals surface area contributed by atoms with Crippen molar-refractivity contribution in [3.05, 3.63) is 59.7 Å². The van der Waals surface area contributed by atoms with Crippen LogP contribution in [0.1, 0.15) is 17.5 Å². The van der Waals surface area contributed by atoms with Gasteiger partial charge in [-0.15, -0.1) is 12.4 Å². The Labute approximate surface area is 136 Å². The van der Waals surface area contributed by atoms with Gasteiger partial charge in [0, 0.05) is 5.56 Å². The Bertz CT molecular complexity index is 609. The summed E-state index contributed by atoms with van der Waals surface area (Å²) in [6, 6.07) is 17.0. The summed E-state index contributed by atoms with van der Waals surface area (Å²) in [6.45, 7) is 1.61. The standard InChI is InChI=1S/C17H18N2O2.ClH/c18-10-3-11-20-16-6-8-17(9-7-16)21-13-15-5-2-1-4-14(15)12-19;/h1-2,4-9H,3,10-11,13,18H2;1H. The lowest BCUT2D eigenvalue weighted by Crippen LogP contribution is -2.06. The number of nitriles is 1. The minimum atomic E-state index is 0. The van der Waals surface area contributed by atoms with Gasteiger partial charge in [-0.3, -0.25) is 0 Å². The first kappa shape index (κ1) is 17.8. The molecule has 0 aliphatic rings. The second-order valence-corrected chi connectivity index (χ2v) is 4.52. The van der Waals surface area contributed by atoms with Crippen molar-refractivity contribution in [1.29, 1.82) is 5.26 Å². The minimum Gasteiger partial charge on any atom is -0.494 e. The lowest BCUT2D eigenvalue weighted by molar-refractivity contribution is 0.300. The van der Waals surface area contributed by atoms with Gasteiger partial charge in [0.05, 0.1) is 18.2 Å². The van der Waals surface area contributed by atoms with Crippen molar-refractivity contribution in [2.24, 2.45) is 5.73 Å². The molecule has 0 atom stereocenters. The van der Waals surface area contributed by atoms with Crippen LogP contribution in [0.15, 0.2) is 48.5 Å². The van der Waals surface area contributed by atoms with E-state index < -0.39 is 0 Å². The molecular formula is C17H19ClN2O2. The molecule has 2 aromatic rings. The highest BCUT2D eigenvalue weighted by atomic mass is 35.5. The lowest BCUT2D eigenvalue weighted by atomic mass is 10.1. The number of hydrogen-bond donors (Lipinski definition) is 1. The molecule has 0 heterocycles. The van der Waals surface area contributed by atoms with Crippen LogP contribution >= 0.6 is 12.4 Å². The summed E-state index contributed by atoms with van der Waals surface area (Å²) in [5.74, 6) is 1.54. The number of nitrogens with two attached hydrogens (primary N) is 1. The number of benzene rings is 2. The van der Waals surface area contributed by atoms with E-state index in [-0.39, 0.29) is 12.4 Å². The molecule has 0 amide bonds. The fourth-order valence-electron chi connectivity index (χ4n) is 1.82. The minimum absolute atomic E-state index is 0. The highest BCUT2D eigenvalue weighted by Crippen LogP contribution is 2.19. The van der Waals surface area contributed by atoms with Gasteiger partial charge in [-0.1, -0.05) is 18.2 Å². The largest absolute Gasteiger partial charge is 0.494 e. The molecule has 0 aliphatic heterocycles. The van der Waals surface area contributed by atoms with Crippen LogP contribution in [-0.2, 0) is 6.61 Å². The van der Waals surface area contributed by atoms with E-state index in [9.17, 15) is 0 Å². The van der Waals surface area contributed by atoms with Crippen LogP contribution in [0.3, 0.4) is 0 Å². The second-order valence-electron chi connectivity index (χ2n) is 4.52. The molecule has 0 radical (unpaired) electrons. The molecule has 2 aromatic carbocycles. The van der Waals surface area contributed by atoms with Gasteiger partial charge >= 0.3 is 0 Å². The zero-order valence-corrected chi connectivity index (χ0v) is 13.0. The summed E-state index contributed by atoms with van der Waals surface area (Å²) in [5, 5.41) is 9.02. The van der Waals surface area contributed by atoms with Crippen molar-refractivity contribution in [3.8, 4) is 17.6 Å². The highest BCUT2D eigenvalue weighted by Gasteiger charge is 2.02. The van der Waals surface area contributed by atoms with Crippen LogP contribution in [-0.4, -0.2) is 13.2 Å². The van der Waals surface area contributed by atoms with Crippen molar-refractivity contribution in [2.75, 3.05) is 13.2 Å². The zero-order chi connectivity index (χ0) is 14.9. The predicted octanol–water partition coefficient (Wildman–Crippen LogP) is 3.29. The van der Waals surface area contributed by atoms with E-state index in [1.807, 2.05) is 42.5 Å². The van der Waals surface area contributed by atoms with Gasteiger partial charge in [-0.05, 0) is 43.3 Å². The van der Waals surface area contributed by atoms with Gasteiger partial charge in [0.15, 0.2) is 0 Å². The fraction of sp³-hybridized carbons (Fsp3) is 0.235. The van der Waals surface area contributed by atoms with E-state index in [0.717, 1.165) is 23.5 Å². The first-order valence-corrected chi connectivity index (χ1v) is 6.87. The SMILES string of the molecule is Cl.N#Cc1ccccc1COc1ccc(OCCCN)cc1. The molecule has 0 aromatic heterocycles. The maximum atomic E-state index is 9.02. The first-order chi connectivity index (χ1) is 10.3. The Kier molecular flexibility index (Phi) is 7.84. The first-order valence-electron chi connectivity index (χ1n) is 6.87. The molecule has 4 nitrogen and oxygen atoms in total. The summed E-state index contributed by atoms with van der Waals surface area (Å²) in [4.78, 5) is 0. The smallest absolute Gasteiger partial charge is 0.120 e. The monoisotopic (exact) mass is 318 g/mol. The molecule has 116 valence electrons. The van der Waals surface area contributed by atoms with E-state index in [0.29, 0.717) is 25.3 Å². The molecule has 0 fully saturated rings.